The van der Waals surface area contributed by atoms with Gasteiger partial charge >= 0.3 is 0 Å². The number of carbonyl (C=O) groups excluding carboxylic acids is 2. The van der Waals surface area contributed by atoms with E-state index in [2.05, 4.69) is 15.5 Å². The molecule has 32 heavy (non-hydrogen) atoms. The number of thioether (sulfide) groups is 1. The number of amides is 2. The van der Waals surface area contributed by atoms with Crippen molar-refractivity contribution in [3.05, 3.63) is 47.5 Å². The van der Waals surface area contributed by atoms with Gasteiger partial charge in [0.1, 0.15) is 5.37 Å². The highest BCUT2D eigenvalue weighted by atomic mass is 32.2. The van der Waals surface area contributed by atoms with Crippen molar-refractivity contribution in [3.8, 4) is 11.5 Å². The number of hydrogen-bond donors (Lipinski definition) is 2. The molecule has 2 heterocycles. The molecule has 0 bridgehead atoms. The molecular weight excluding hydrogens is 426 g/mol. The van der Waals surface area contributed by atoms with Gasteiger partial charge in [-0.05, 0) is 68.2 Å². The minimum atomic E-state index is -0.191. The highest BCUT2D eigenvalue weighted by Gasteiger charge is 2.33. The first kappa shape index (κ1) is 22.5. The van der Waals surface area contributed by atoms with Crippen molar-refractivity contribution in [1.82, 2.24) is 10.2 Å². The molecule has 0 radical (unpaired) electrons. The van der Waals surface area contributed by atoms with Gasteiger partial charge in [-0.25, -0.2) is 0 Å². The van der Waals surface area contributed by atoms with Crippen LogP contribution in [-0.4, -0.2) is 55.9 Å². The second-order valence-corrected chi connectivity index (χ2v) is 9.08. The van der Waals surface area contributed by atoms with Crippen molar-refractivity contribution >= 4 is 29.3 Å². The van der Waals surface area contributed by atoms with Crippen molar-refractivity contribution in [1.29, 1.82) is 0 Å². The fourth-order valence-electron chi connectivity index (χ4n) is 4.09. The molecule has 7 nitrogen and oxygen atoms in total. The van der Waals surface area contributed by atoms with Gasteiger partial charge in [0.15, 0.2) is 11.5 Å². The normalized spacial score (nSPS) is 18.4. The van der Waals surface area contributed by atoms with Gasteiger partial charge in [0.2, 0.25) is 0 Å². The Kier molecular flexibility index (Phi) is 7.22. The molecule has 0 saturated carbocycles. The van der Waals surface area contributed by atoms with Crippen molar-refractivity contribution in [2.24, 2.45) is 0 Å². The Morgan fingerprint density at radius 3 is 2.62 bits per heavy atom. The van der Waals surface area contributed by atoms with E-state index < -0.39 is 0 Å². The smallest absolute Gasteiger partial charge is 0.252 e. The van der Waals surface area contributed by atoms with Gasteiger partial charge in [-0.15, -0.1) is 0 Å². The number of ether oxygens (including phenoxy) is 2. The summed E-state index contributed by atoms with van der Waals surface area (Å²) in [5.41, 5.74) is 2.29. The first-order chi connectivity index (χ1) is 15.6. The first-order valence-corrected chi connectivity index (χ1v) is 11.8. The molecule has 2 N–H and O–H groups in total. The van der Waals surface area contributed by atoms with Gasteiger partial charge in [0.05, 0.1) is 19.9 Å². The minimum absolute atomic E-state index is 0.00425. The topological polar surface area (TPSA) is 79.9 Å². The summed E-state index contributed by atoms with van der Waals surface area (Å²) in [7, 11) is 3.20. The van der Waals surface area contributed by atoms with E-state index in [1.165, 1.54) is 6.42 Å². The molecule has 0 aromatic heterocycles. The number of nitrogens with one attached hydrogen (secondary N) is 2. The van der Waals surface area contributed by atoms with Gasteiger partial charge in [0.25, 0.3) is 11.8 Å². The van der Waals surface area contributed by atoms with Gasteiger partial charge in [0, 0.05) is 17.0 Å². The molecular formula is C24H29N3O4S. The highest BCUT2D eigenvalue weighted by molar-refractivity contribution is 8.00. The van der Waals surface area contributed by atoms with E-state index in [0.29, 0.717) is 35.7 Å². The molecule has 1 atom stereocenters. The van der Waals surface area contributed by atoms with Crippen LogP contribution >= 0.6 is 11.8 Å². The number of likely N-dealkylation sites (tertiary alicyclic amines) is 1. The molecule has 8 heteroatoms. The summed E-state index contributed by atoms with van der Waals surface area (Å²) in [6.07, 6.45) is 4.18. The molecule has 2 aliphatic heterocycles. The molecule has 0 unspecified atom stereocenters. The number of rotatable bonds is 7. The summed E-state index contributed by atoms with van der Waals surface area (Å²) in [5.74, 6) is 1.18. The van der Waals surface area contributed by atoms with E-state index >= 15 is 0 Å². The molecule has 170 valence electrons. The van der Waals surface area contributed by atoms with Gasteiger partial charge in [-0.3, -0.25) is 14.5 Å². The van der Waals surface area contributed by atoms with Gasteiger partial charge in [-0.1, -0.05) is 24.2 Å². The third kappa shape index (κ3) is 5.02. The van der Waals surface area contributed by atoms with E-state index in [-0.39, 0.29) is 17.2 Å². The molecule has 1 fully saturated rings. The highest BCUT2D eigenvalue weighted by Crippen LogP contribution is 2.38. The molecule has 2 amide bonds. The zero-order chi connectivity index (χ0) is 22.5. The van der Waals surface area contributed by atoms with Crippen LogP contribution in [0.4, 0.5) is 5.69 Å². The molecule has 0 spiro atoms. The maximum atomic E-state index is 12.7. The van der Waals surface area contributed by atoms with Crippen LogP contribution in [0.15, 0.2) is 41.3 Å². The number of nitrogens with zero attached hydrogens (tertiary/aromatic N) is 1. The molecule has 0 aliphatic carbocycles. The molecule has 1 saturated heterocycles. The van der Waals surface area contributed by atoms with Crippen LogP contribution in [0.3, 0.4) is 0 Å². The summed E-state index contributed by atoms with van der Waals surface area (Å²) >= 11 is 1.57. The third-order valence-electron chi connectivity index (χ3n) is 5.83. The van der Waals surface area contributed by atoms with E-state index in [1.807, 2.05) is 30.3 Å². The number of fused-ring (bicyclic) bond motifs is 1. The third-order valence-corrected chi connectivity index (χ3v) is 7.18. The van der Waals surface area contributed by atoms with Crippen molar-refractivity contribution in [2.75, 3.05) is 39.2 Å². The van der Waals surface area contributed by atoms with Crippen LogP contribution in [0.25, 0.3) is 0 Å². The SMILES string of the molecule is COc1ccc(CCNC(=O)c2ccc3c(c2)NC(=O)[C@H](N2CCCCC2)S3)cc1OC. The maximum Gasteiger partial charge on any atom is 0.252 e. The average Bonchev–Trinajstić information content (AvgIpc) is 2.83. The lowest BCUT2D eigenvalue weighted by molar-refractivity contribution is -0.118. The van der Waals surface area contributed by atoms with Crippen molar-refractivity contribution in [3.63, 3.8) is 0 Å². The standard InChI is InChI=1S/C24H29N3O4S/c1-30-19-8-6-16(14-20(19)31-2)10-11-25-22(28)17-7-9-21-18(15-17)26-23(29)24(32-21)27-12-4-3-5-13-27/h6-9,14-15,24H,3-5,10-13H2,1-2H3,(H,25,28)(H,26,29)/t24-/m1/s1. The number of anilines is 1. The molecule has 4 rings (SSSR count). The zero-order valence-corrected chi connectivity index (χ0v) is 19.3. The lowest BCUT2D eigenvalue weighted by Gasteiger charge is -2.35. The Bertz CT molecular complexity index is 991. The van der Waals surface area contributed by atoms with E-state index in [4.69, 9.17) is 9.47 Å². The first-order valence-electron chi connectivity index (χ1n) is 10.9. The lowest BCUT2D eigenvalue weighted by Crippen LogP contribution is -2.46. The second kappa shape index (κ2) is 10.3. The molecule has 2 aromatic rings. The predicted molar refractivity (Wildman–Crippen MR) is 126 cm³/mol. The van der Waals surface area contributed by atoms with Crippen LogP contribution in [-0.2, 0) is 11.2 Å². The summed E-state index contributed by atoms with van der Waals surface area (Å²) < 4.78 is 10.6. The van der Waals surface area contributed by atoms with Crippen LogP contribution < -0.4 is 20.1 Å². The van der Waals surface area contributed by atoms with Gasteiger partial charge in [-0.2, -0.15) is 0 Å². The van der Waals surface area contributed by atoms with E-state index in [0.717, 1.165) is 36.4 Å². The van der Waals surface area contributed by atoms with Crippen molar-refractivity contribution in [2.45, 2.75) is 36.0 Å². The second-order valence-electron chi connectivity index (χ2n) is 7.96. The summed E-state index contributed by atoms with van der Waals surface area (Å²) in [5, 5.41) is 5.76. The van der Waals surface area contributed by atoms with Crippen LogP contribution in [0.2, 0.25) is 0 Å². The number of methoxy groups -OCH3 is 2. The maximum absolute atomic E-state index is 12.7. The van der Waals surface area contributed by atoms with E-state index in [9.17, 15) is 9.59 Å². The number of piperidine rings is 1. The van der Waals surface area contributed by atoms with Crippen LogP contribution in [0.5, 0.6) is 11.5 Å². The summed E-state index contributed by atoms with van der Waals surface area (Å²) in [6, 6.07) is 11.2. The summed E-state index contributed by atoms with van der Waals surface area (Å²) in [4.78, 5) is 28.6. The molecule has 2 aliphatic rings. The summed E-state index contributed by atoms with van der Waals surface area (Å²) in [6.45, 7) is 2.41. The number of benzene rings is 2. The zero-order valence-electron chi connectivity index (χ0n) is 18.5. The fourth-order valence-corrected chi connectivity index (χ4v) is 5.24. The largest absolute Gasteiger partial charge is 0.493 e. The van der Waals surface area contributed by atoms with Crippen molar-refractivity contribution < 1.29 is 19.1 Å². The molecule has 2 aromatic carbocycles. The monoisotopic (exact) mass is 455 g/mol. The van der Waals surface area contributed by atoms with Gasteiger partial charge < -0.3 is 20.1 Å². The Labute approximate surface area is 192 Å². The minimum Gasteiger partial charge on any atom is -0.493 e. The lowest BCUT2D eigenvalue weighted by atomic mass is 10.1. The number of carbonyl (C=O) groups is 2. The number of hydrogen-bond acceptors (Lipinski definition) is 6. The Balaban J connectivity index is 1.35. The van der Waals surface area contributed by atoms with Crippen LogP contribution in [0, 0.1) is 0 Å². The quantitative estimate of drug-likeness (QED) is 0.665. The Morgan fingerprint density at radius 2 is 1.88 bits per heavy atom. The Morgan fingerprint density at radius 1 is 1.09 bits per heavy atom. The van der Waals surface area contributed by atoms with E-state index in [1.54, 1.807) is 32.0 Å². The van der Waals surface area contributed by atoms with Crippen LogP contribution in [0.1, 0.15) is 35.2 Å². The predicted octanol–water partition coefficient (Wildman–Crippen LogP) is 3.53. The average molecular weight is 456 g/mol. The Hall–Kier alpha value is -2.71. The fraction of sp³-hybridized carbons (Fsp3) is 0.417.